The molecular weight excluding hydrogens is 437 g/mol. The minimum absolute atomic E-state index is 0.00773. The fourth-order valence-electron chi connectivity index (χ4n) is 3.60. The second-order valence-corrected chi connectivity index (χ2v) is 7.83. The summed E-state index contributed by atoms with van der Waals surface area (Å²) in [4.78, 5) is 30.0. The zero-order valence-electron chi connectivity index (χ0n) is 19.8. The van der Waals surface area contributed by atoms with Gasteiger partial charge in [-0.1, -0.05) is 12.1 Å². The summed E-state index contributed by atoms with van der Waals surface area (Å²) in [6.07, 6.45) is 0.720. The van der Waals surface area contributed by atoms with Crippen molar-refractivity contribution < 1.29 is 28.2 Å². The largest absolute Gasteiger partial charge is 0.496 e. The maximum atomic E-state index is 13.7. The van der Waals surface area contributed by atoms with Crippen LogP contribution in [0.25, 0.3) is 11.3 Å². The van der Waals surface area contributed by atoms with E-state index in [-0.39, 0.29) is 35.9 Å². The quantitative estimate of drug-likeness (QED) is 0.360. The van der Waals surface area contributed by atoms with Crippen LogP contribution in [0.15, 0.2) is 48.5 Å². The molecule has 0 aliphatic heterocycles. The van der Waals surface area contributed by atoms with E-state index in [0.29, 0.717) is 46.9 Å². The zero-order chi connectivity index (χ0) is 24.7. The van der Waals surface area contributed by atoms with Crippen molar-refractivity contribution in [2.24, 2.45) is 0 Å². The molecule has 0 aliphatic rings. The summed E-state index contributed by atoms with van der Waals surface area (Å²) in [5.41, 5.74) is 3.20. The molecule has 1 aromatic heterocycles. The zero-order valence-corrected chi connectivity index (χ0v) is 19.8. The average molecular weight is 466 g/mol. The highest BCUT2D eigenvalue weighted by Gasteiger charge is 2.17. The van der Waals surface area contributed by atoms with Gasteiger partial charge in [0, 0.05) is 31.1 Å². The molecule has 0 bridgehead atoms. The summed E-state index contributed by atoms with van der Waals surface area (Å²) < 4.78 is 29.6. The highest BCUT2D eigenvalue weighted by atomic mass is 19.1. The Balaban J connectivity index is 1.74. The van der Waals surface area contributed by atoms with Crippen molar-refractivity contribution >= 4 is 11.6 Å². The molecule has 0 fully saturated rings. The predicted molar refractivity (Wildman–Crippen MR) is 127 cm³/mol. The van der Waals surface area contributed by atoms with E-state index in [1.165, 1.54) is 13.2 Å². The molecule has 0 atom stereocenters. The van der Waals surface area contributed by atoms with Crippen LogP contribution in [0.5, 0.6) is 11.5 Å². The van der Waals surface area contributed by atoms with Crippen LogP contribution in [0.2, 0.25) is 0 Å². The first-order valence-corrected chi connectivity index (χ1v) is 10.9. The third-order valence-corrected chi connectivity index (χ3v) is 5.56. The van der Waals surface area contributed by atoms with E-state index in [1.54, 1.807) is 57.5 Å². The molecule has 0 unspecified atom stereocenters. The van der Waals surface area contributed by atoms with E-state index >= 15 is 0 Å². The Morgan fingerprint density at radius 3 is 2.29 bits per heavy atom. The summed E-state index contributed by atoms with van der Waals surface area (Å²) in [5.74, 6) is 0.342. The molecular formula is C27H28FNO5. The highest BCUT2D eigenvalue weighted by Crippen LogP contribution is 2.30. The van der Waals surface area contributed by atoms with Gasteiger partial charge in [0.25, 0.3) is 0 Å². The molecule has 0 spiro atoms. The van der Waals surface area contributed by atoms with E-state index in [4.69, 9.17) is 14.2 Å². The molecule has 178 valence electrons. The van der Waals surface area contributed by atoms with Crippen LogP contribution in [-0.2, 0) is 11.2 Å². The maximum absolute atomic E-state index is 13.7. The normalized spacial score (nSPS) is 10.7. The summed E-state index contributed by atoms with van der Waals surface area (Å²) >= 11 is 0. The van der Waals surface area contributed by atoms with E-state index in [9.17, 15) is 14.0 Å². The van der Waals surface area contributed by atoms with Crippen molar-refractivity contribution in [3.8, 4) is 22.8 Å². The molecule has 3 aromatic rings. The second kappa shape index (κ2) is 11.5. The number of halogens is 1. The number of carbonyl (C=O) groups is 2. The number of hydrogen-bond donors (Lipinski definition) is 0. The van der Waals surface area contributed by atoms with Crippen molar-refractivity contribution in [2.45, 2.75) is 26.2 Å². The molecule has 0 N–H and O–H groups in total. The lowest BCUT2D eigenvalue weighted by Crippen LogP contribution is -2.08. The number of Topliss-reactive ketones (excluding diaryl/α,β-unsaturated/α-hetero) is 2. The SMILES string of the molecule is COCCc1ccc(C(=O)CCC(=O)c2ccc(OC)c(-c3ccc(F)c(C)c3)n2)cc1OC. The number of benzene rings is 2. The number of nitrogens with zero attached hydrogens (tertiary/aromatic N) is 1. The number of methoxy groups -OCH3 is 3. The molecule has 1 heterocycles. The first-order chi connectivity index (χ1) is 16.4. The van der Waals surface area contributed by atoms with Gasteiger partial charge in [-0.2, -0.15) is 0 Å². The molecule has 0 saturated heterocycles. The van der Waals surface area contributed by atoms with Crippen molar-refractivity contribution in [3.63, 3.8) is 0 Å². The average Bonchev–Trinajstić information content (AvgIpc) is 2.86. The lowest BCUT2D eigenvalue weighted by molar-refractivity contribution is 0.0915. The predicted octanol–water partition coefficient (Wildman–Crippen LogP) is 5.25. The Hall–Kier alpha value is -3.58. The first kappa shape index (κ1) is 25.1. The molecule has 0 radical (unpaired) electrons. The number of rotatable bonds is 11. The van der Waals surface area contributed by atoms with Gasteiger partial charge in [0.1, 0.15) is 28.7 Å². The van der Waals surface area contributed by atoms with Crippen LogP contribution >= 0.6 is 0 Å². The smallest absolute Gasteiger partial charge is 0.181 e. The molecule has 3 rings (SSSR count). The van der Waals surface area contributed by atoms with Crippen molar-refractivity contribution in [3.05, 3.63) is 76.7 Å². The van der Waals surface area contributed by atoms with Crippen LogP contribution in [0.3, 0.4) is 0 Å². The molecule has 7 heteroatoms. The number of ether oxygens (including phenoxy) is 3. The number of hydrogen-bond acceptors (Lipinski definition) is 6. The van der Waals surface area contributed by atoms with Crippen LogP contribution in [0, 0.1) is 12.7 Å². The maximum Gasteiger partial charge on any atom is 0.181 e. The molecule has 0 aliphatic carbocycles. The number of aryl methyl sites for hydroxylation is 1. The minimum Gasteiger partial charge on any atom is -0.496 e. The van der Waals surface area contributed by atoms with Gasteiger partial charge in [-0.25, -0.2) is 9.37 Å². The number of ketones is 2. The van der Waals surface area contributed by atoms with Gasteiger partial charge in [0.15, 0.2) is 11.6 Å². The molecule has 6 nitrogen and oxygen atoms in total. The number of pyridine rings is 1. The van der Waals surface area contributed by atoms with Gasteiger partial charge in [-0.05, 0) is 60.9 Å². The summed E-state index contributed by atoms with van der Waals surface area (Å²) in [6.45, 7) is 2.21. The van der Waals surface area contributed by atoms with Gasteiger partial charge in [0.2, 0.25) is 0 Å². The van der Waals surface area contributed by atoms with Crippen LogP contribution in [0.4, 0.5) is 4.39 Å². The third-order valence-electron chi connectivity index (χ3n) is 5.56. The Bertz CT molecular complexity index is 1190. The first-order valence-electron chi connectivity index (χ1n) is 10.9. The second-order valence-electron chi connectivity index (χ2n) is 7.83. The standard InChI is InChI=1S/C27H28FNO5/c1-17-15-20(7-8-21(17)28)27-25(33-3)12-9-22(29-27)24(31)11-10-23(30)19-6-5-18(13-14-32-2)26(16-19)34-4/h5-9,12,15-16H,10-11,13-14H2,1-4H3. The van der Waals surface area contributed by atoms with E-state index < -0.39 is 0 Å². The van der Waals surface area contributed by atoms with Crippen molar-refractivity contribution in [1.82, 2.24) is 4.98 Å². The van der Waals surface area contributed by atoms with E-state index in [0.717, 1.165) is 5.56 Å². The van der Waals surface area contributed by atoms with Gasteiger partial charge in [-0.3, -0.25) is 9.59 Å². The lowest BCUT2D eigenvalue weighted by atomic mass is 10.0. The number of aromatic nitrogens is 1. The Morgan fingerprint density at radius 2 is 1.62 bits per heavy atom. The van der Waals surface area contributed by atoms with Crippen molar-refractivity contribution in [2.75, 3.05) is 27.9 Å². The Labute approximate surface area is 198 Å². The van der Waals surface area contributed by atoms with Gasteiger partial charge in [0.05, 0.1) is 20.8 Å². The fraction of sp³-hybridized carbons (Fsp3) is 0.296. The third kappa shape index (κ3) is 5.85. The molecule has 0 saturated carbocycles. The monoisotopic (exact) mass is 465 g/mol. The van der Waals surface area contributed by atoms with Crippen LogP contribution in [-0.4, -0.2) is 44.5 Å². The van der Waals surface area contributed by atoms with E-state index in [1.807, 2.05) is 6.07 Å². The Morgan fingerprint density at radius 1 is 0.882 bits per heavy atom. The topological polar surface area (TPSA) is 74.7 Å². The fourth-order valence-corrected chi connectivity index (χ4v) is 3.60. The molecule has 0 amide bonds. The summed E-state index contributed by atoms with van der Waals surface area (Å²) in [5, 5.41) is 0. The minimum atomic E-state index is -0.322. The lowest BCUT2D eigenvalue weighted by Gasteiger charge is -2.11. The van der Waals surface area contributed by atoms with Gasteiger partial charge in [-0.15, -0.1) is 0 Å². The van der Waals surface area contributed by atoms with Gasteiger partial charge < -0.3 is 14.2 Å². The van der Waals surface area contributed by atoms with Crippen molar-refractivity contribution in [1.29, 1.82) is 0 Å². The molecule has 2 aromatic carbocycles. The van der Waals surface area contributed by atoms with Gasteiger partial charge >= 0.3 is 0 Å². The summed E-state index contributed by atoms with van der Waals surface area (Å²) in [7, 11) is 4.69. The van der Waals surface area contributed by atoms with Crippen LogP contribution in [0.1, 0.15) is 44.8 Å². The van der Waals surface area contributed by atoms with E-state index in [2.05, 4.69) is 4.98 Å². The summed E-state index contributed by atoms with van der Waals surface area (Å²) in [6, 6.07) is 13.1. The Kier molecular flexibility index (Phi) is 8.49. The number of carbonyl (C=O) groups excluding carboxylic acids is 2. The highest BCUT2D eigenvalue weighted by molar-refractivity contribution is 6.02. The molecule has 34 heavy (non-hydrogen) atoms. The van der Waals surface area contributed by atoms with Crippen LogP contribution < -0.4 is 9.47 Å².